The highest BCUT2D eigenvalue weighted by molar-refractivity contribution is 7.21. The Morgan fingerprint density at radius 3 is 1.41 bits per heavy atom. The van der Waals surface area contributed by atoms with E-state index in [-0.39, 0.29) is 24.4 Å². The van der Waals surface area contributed by atoms with Crippen LogP contribution in [0.15, 0.2) is 36.4 Å². The molecule has 2 atom stereocenters. The van der Waals surface area contributed by atoms with Crippen molar-refractivity contribution in [1.82, 2.24) is 0 Å². The summed E-state index contributed by atoms with van der Waals surface area (Å²) in [7, 11) is 3.23. The first kappa shape index (κ1) is 30.2. The fourth-order valence-corrected chi connectivity index (χ4v) is 6.72. The molecule has 41 heavy (non-hydrogen) atoms. The molecule has 0 bridgehead atoms. The van der Waals surface area contributed by atoms with Crippen molar-refractivity contribution in [2.45, 2.75) is 46.0 Å². The summed E-state index contributed by atoms with van der Waals surface area (Å²) in [6, 6.07) is 11.5. The lowest BCUT2D eigenvalue weighted by atomic mass is 10.00. The Hall–Kier alpha value is -3.76. The zero-order chi connectivity index (χ0) is 29.8. The van der Waals surface area contributed by atoms with Crippen LogP contribution in [0.2, 0.25) is 0 Å². The highest BCUT2D eigenvalue weighted by Crippen LogP contribution is 2.36. The summed E-state index contributed by atoms with van der Waals surface area (Å²) in [5, 5.41) is 20.1. The number of benzene rings is 2. The van der Waals surface area contributed by atoms with Crippen molar-refractivity contribution in [2.75, 3.05) is 14.2 Å². The number of carboxylic acid groups (broad SMARTS) is 2. The molecule has 0 aliphatic carbocycles. The predicted octanol–water partition coefficient (Wildman–Crippen LogP) is 6.90. The van der Waals surface area contributed by atoms with E-state index in [1.807, 2.05) is 36.4 Å². The minimum Gasteiger partial charge on any atom is -0.496 e. The van der Waals surface area contributed by atoms with Gasteiger partial charge < -0.3 is 19.7 Å². The lowest BCUT2D eigenvalue weighted by Crippen LogP contribution is -2.13. The molecule has 0 saturated heterocycles. The number of hydrogen-bond donors (Lipinski definition) is 2. The number of carbonyl (C=O) groups is 4. The molecule has 8 nitrogen and oxygen atoms in total. The van der Waals surface area contributed by atoms with E-state index in [2.05, 4.69) is 0 Å². The van der Waals surface area contributed by atoms with Crippen LogP contribution in [0.3, 0.4) is 0 Å². The van der Waals surface area contributed by atoms with Gasteiger partial charge in [-0.3, -0.25) is 19.2 Å². The molecule has 0 spiro atoms. The number of ether oxygens (including phenoxy) is 2. The fraction of sp³-hybridized carbons (Fsp3) is 0.355. The van der Waals surface area contributed by atoms with Gasteiger partial charge in [0.05, 0.1) is 35.8 Å². The minimum absolute atomic E-state index is 0.0421. The Kier molecular flexibility index (Phi) is 9.45. The zero-order valence-corrected chi connectivity index (χ0v) is 24.9. The number of hydrogen-bond acceptors (Lipinski definition) is 8. The van der Waals surface area contributed by atoms with Gasteiger partial charge in [0.2, 0.25) is 0 Å². The smallest absolute Gasteiger partial charge is 0.306 e. The van der Waals surface area contributed by atoms with Crippen molar-refractivity contribution >= 4 is 66.4 Å². The molecule has 0 aliphatic heterocycles. The van der Waals surface area contributed by atoms with Crippen LogP contribution in [0.5, 0.6) is 11.5 Å². The number of carboxylic acids is 2. The second-order valence-corrected chi connectivity index (χ2v) is 12.4. The van der Waals surface area contributed by atoms with Crippen LogP contribution in [0.1, 0.15) is 63.6 Å². The predicted molar refractivity (Wildman–Crippen MR) is 160 cm³/mol. The number of methoxy groups -OCH3 is 2. The van der Waals surface area contributed by atoms with Gasteiger partial charge in [0.25, 0.3) is 0 Å². The number of aryl methyl sites for hydroxylation is 2. The van der Waals surface area contributed by atoms with Crippen molar-refractivity contribution in [1.29, 1.82) is 0 Å². The second-order valence-electron chi connectivity index (χ2n) is 10.2. The monoisotopic (exact) mass is 596 g/mol. The van der Waals surface area contributed by atoms with Crippen molar-refractivity contribution < 1.29 is 38.9 Å². The molecule has 0 amide bonds. The molecule has 216 valence electrons. The molecule has 2 unspecified atom stereocenters. The Morgan fingerprint density at radius 1 is 0.683 bits per heavy atom. The molecule has 2 aromatic carbocycles. The molecule has 4 rings (SSSR count). The molecule has 2 aromatic heterocycles. The maximum atomic E-state index is 12.6. The number of rotatable bonds is 14. The first-order chi connectivity index (χ1) is 19.5. The van der Waals surface area contributed by atoms with E-state index < -0.39 is 23.8 Å². The largest absolute Gasteiger partial charge is 0.496 e. The third-order valence-corrected chi connectivity index (χ3v) is 9.38. The first-order valence-electron chi connectivity index (χ1n) is 13.2. The number of aliphatic carboxylic acids is 2. The Labute approximate surface area is 245 Å². The highest BCUT2D eigenvalue weighted by atomic mass is 32.1. The average molecular weight is 597 g/mol. The van der Waals surface area contributed by atoms with Crippen LogP contribution in [0.4, 0.5) is 0 Å². The van der Waals surface area contributed by atoms with Gasteiger partial charge in [-0.15, -0.1) is 22.7 Å². The summed E-state index contributed by atoms with van der Waals surface area (Å²) in [6.45, 7) is 3.06. The van der Waals surface area contributed by atoms with Crippen LogP contribution < -0.4 is 9.47 Å². The van der Waals surface area contributed by atoms with Gasteiger partial charge in [0, 0.05) is 22.2 Å². The van der Waals surface area contributed by atoms with E-state index in [0.717, 1.165) is 62.1 Å². The van der Waals surface area contributed by atoms with E-state index in [1.165, 1.54) is 36.5 Å². The molecule has 0 saturated carbocycles. The van der Waals surface area contributed by atoms with Crippen molar-refractivity contribution in [3.8, 4) is 11.5 Å². The van der Waals surface area contributed by atoms with Gasteiger partial charge >= 0.3 is 11.9 Å². The number of ketones is 2. The van der Waals surface area contributed by atoms with Crippen LogP contribution >= 0.6 is 22.7 Å². The summed E-state index contributed by atoms with van der Waals surface area (Å²) in [5.41, 5.74) is 2.01. The van der Waals surface area contributed by atoms with E-state index in [1.54, 1.807) is 14.2 Å². The Bertz CT molecular complexity index is 1510. The fourth-order valence-electron chi connectivity index (χ4n) is 4.68. The van der Waals surface area contributed by atoms with E-state index in [4.69, 9.17) is 19.7 Å². The molecular formula is C31H32O8S2. The third-order valence-electron chi connectivity index (χ3n) is 7.11. The van der Waals surface area contributed by atoms with Gasteiger partial charge in [-0.1, -0.05) is 13.8 Å². The normalized spacial score (nSPS) is 12.8. The lowest BCUT2D eigenvalue weighted by Gasteiger charge is -2.11. The molecule has 4 aromatic rings. The van der Waals surface area contributed by atoms with E-state index >= 15 is 0 Å². The first-order valence-corrected chi connectivity index (χ1v) is 14.9. The van der Waals surface area contributed by atoms with Crippen molar-refractivity contribution in [3.63, 3.8) is 0 Å². The molecule has 2 N–H and O–H groups in total. The second kappa shape index (κ2) is 12.8. The van der Waals surface area contributed by atoms with Gasteiger partial charge in [-0.25, -0.2) is 0 Å². The van der Waals surface area contributed by atoms with Crippen LogP contribution in [-0.2, 0) is 22.4 Å². The lowest BCUT2D eigenvalue weighted by molar-refractivity contribution is -0.141. The summed E-state index contributed by atoms with van der Waals surface area (Å²) < 4.78 is 13.1. The van der Waals surface area contributed by atoms with Crippen LogP contribution in [0.25, 0.3) is 20.2 Å². The van der Waals surface area contributed by atoms with E-state index in [9.17, 15) is 19.2 Å². The standard InChI is InChI=1S/C31H32O8S2/c1-16(30(34)35)8-22(32)28-12-20-10-18(24(38-3)14-26(20)40-28)6-5-7-19-11-21-13-29(23(33)9-17(2)31(36)37)41-27(21)15-25(19)39-4/h10-17H,5-9H2,1-4H3,(H,34,35)(H,36,37). The topological polar surface area (TPSA) is 127 Å². The number of thiophene rings is 2. The number of carbonyl (C=O) groups excluding carboxylic acids is 2. The average Bonchev–Trinajstić information content (AvgIpc) is 3.55. The van der Waals surface area contributed by atoms with Crippen LogP contribution in [-0.4, -0.2) is 47.9 Å². The van der Waals surface area contributed by atoms with Crippen molar-refractivity contribution in [2.24, 2.45) is 11.8 Å². The summed E-state index contributed by atoms with van der Waals surface area (Å²) in [5.74, 6) is -2.35. The summed E-state index contributed by atoms with van der Waals surface area (Å²) in [4.78, 5) is 48.6. The quantitative estimate of drug-likeness (QED) is 0.151. The van der Waals surface area contributed by atoms with Gasteiger partial charge in [-0.05, 0) is 77.6 Å². The molecule has 0 fully saturated rings. The maximum absolute atomic E-state index is 12.6. The third kappa shape index (κ3) is 6.94. The van der Waals surface area contributed by atoms with Crippen molar-refractivity contribution in [3.05, 3.63) is 57.3 Å². The molecular weight excluding hydrogens is 564 g/mol. The molecule has 2 heterocycles. The number of Topliss-reactive ketones (excluding diaryl/α,β-unsaturated/α-hetero) is 2. The molecule has 10 heteroatoms. The van der Waals surface area contributed by atoms with Gasteiger partial charge in [-0.2, -0.15) is 0 Å². The van der Waals surface area contributed by atoms with E-state index in [0.29, 0.717) is 9.75 Å². The maximum Gasteiger partial charge on any atom is 0.306 e. The molecule has 0 aliphatic rings. The SMILES string of the molecule is COc1cc2sc(C(=O)CC(C)C(=O)O)cc2cc1CCCc1cc2cc(C(=O)CC(C)C(=O)O)sc2cc1OC. The Morgan fingerprint density at radius 2 is 1.07 bits per heavy atom. The summed E-state index contributed by atoms with van der Waals surface area (Å²) in [6.07, 6.45) is 2.15. The minimum atomic E-state index is -0.988. The van der Waals surface area contributed by atoms with Gasteiger partial charge in [0.1, 0.15) is 11.5 Å². The highest BCUT2D eigenvalue weighted by Gasteiger charge is 2.21. The Balaban J connectivity index is 1.50. The molecule has 0 radical (unpaired) electrons. The van der Waals surface area contributed by atoms with Gasteiger partial charge in [0.15, 0.2) is 11.6 Å². The number of fused-ring (bicyclic) bond motifs is 2. The van der Waals surface area contributed by atoms with Crippen LogP contribution in [0, 0.1) is 11.8 Å². The summed E-state index contributed by atoms with van der Waals surface area (Å²) >= 11 is 2.68. The zero-order valence-electron chi connectivity index (χ0n) is 23.3.